The number of aromatic nitrogens is 3. The summed E-state index contributed by atoms with van der Waals surface area (Å²) in [5.41, 5.74) is 8.93. The average molecular weight is 270 g/mol. The lowest BCUT2D eigenvalue weighted by atomic mass is 10.1. The molecule has 0 bridgehead atoms. The van der Waals surface area contributed by atoms with E-state index in [1.54, 1.807) is 0 Å². The number of nitrogens with one attached hydrogen (secondary N) is 2. The molecule has 6 heteroatoms. The predicted molar refractivity (Wildman–Crippen MR) is 78.5 cm³/mol. The van der Waals surface area contributed by atoms with Gasteiger partial charge in [0.2, 0.25) is 5.95 Å². The molecule has 1 aliphatic heterocycles. The zero-order chi connectivity index (χ0) is 13.9. The number of pyridine rings is 1. The van der Waals surface area contributed by atoms with Gasteiger partial charge < -0.3 is 16.4 Å². The number of piperidine rings is 1. The number of hydrogen-bond donors (Lipinski definition) is 3. The Kier molecular flexibility index (Phi) is 2.24. The summed E-state index contributed by atoms with van der Waals surface area (Å²) in [5, 5.41) is 7.70. The largest absolute Gasteiger partial charge is 0.383 e. The number of hydrogen-bond acceptors (Lipinski definition) is 6. The first kappa shape index (κ1) is 11.8. The van der Waals surface area contributed by atoms with Crippen LogP contribution in [0, 0.1) is 19.8 Å². The van der Waals surface area contributed by atoms with Gasteiger partial charge in [-0.25, -0.2) is 4.98 Å². The predicted octanol–water partition coefficient (Wildman–Crippen LogP) is 0.998. The molecule has 104 valence electrons. The summed E-state index contributed by atoms with van der Waals surface area (Å²) < 4.78 is 0. The highest BCUT2D eigenvalue weighted by Gasteiger charge is 2.57. The number of anilines is 2. The lowest BCUT2D eigenvalue weighted by Crippen LogP contribution is -2.30. The van der Waals surface area contributed by atoms with Crippen molar-refractivity contribution in [1.82, 2.24) is 20.3 Å². The summed E-state index contributed by atoms with van der Waals surface area (Å²) in [7, 11) is 0. The second-order valence-electron chi connectivity index (χ2n) is 6.02. The van der Waals surface area contributed by atoms with E-state index in [4.69, 9.17) is 5.73 Å². The van der Waals surface area contributed by atoms with Gasteiger partial charge in [0, 0.05) is 18.8 Å². The van der Waals surface area contributed by atoms with Crippen LogP contribution in [0.5, 0.6) is 0 Å². The Morgan fingerprint density at radius 3 is 2.90 bits per heavy atom. The summed E-state index contributed by atoms with van der Waals surface area (Å²) in [6.45, 7) is 6.03. The fraction of sp³-hybridized carbons (Fsp3) is 0.500. The molecule has 4 rings (SSSR count). The zero-order valence-corrected chi connectivity index (χ0v) is 11.7. The van der Waals surface area contributed by atoms with E-state index < -0.39 is 0 Å². The summed E-state index contributed by atoms with van der Waals surface area (Å²) in [6.07, 6.45) is 1.18. The standard InChI is InChI=1S/C14H18N6/c1-7-3-8(2)17-12-10(7)11(15)18-13(19-12)20-14-4-9(14)5-16-6-14/h3,9,16H,4-6H2,1-2H3,(H3,15,17,18,19,20)/t9-,14-/m1/s1. The van der Waals surface area contributed by atoms with Gasteiger partial charge >= 0.3 is 0 Å². The summed E-state index contributed by atoms with van der Waals surface area (Å²) in [4.78, 5) is 13.4. The molecule has 20 heavy (non-hydrogen) atoms. The molecule has 2 aromatic rings. The molecule has 0 spiro atoms. The Labute approximate surface area is 117 Å². The summed E-state index contributed by atoms with van der Waals surface area (Å²) >= 11 is 0. The third-order valence-corrected chi connectivity index (χ3v) is 4.44. The van der Waals surface area contributed by atoms with Crippen molar-refractivity contribution < 1.29 is 0 Å². The minimum atomic E-state index is 0.138. The van der Waals surface area contributed by atoms with Crippen LogP contribution in [0.2, 0.25) is 0 Å². The van der Waals surface area contributed by atoms with E-state index in [1.807, 2.05) is 19.9 Å². The van der Waals surface area contributed by atoms with Crippen LogP contribution in [0.3, 0.4) is 0 Å². The first-order valence-electron chi connectivity index (χ1n) is 6.98. The SMILES string of the molecule is Cc1cc(C)c2c(N)nc(N[C@]34CNC[C@H]3C4)nc2n1. The third-order valence-electron chi connectivity index (χ3n) is 4.44. The fourth-order valence-corrected chi connectivity index (χ4v) is 3.32. The van der Waals surface area contributed by atoms with Crippen molar-refractivity contribution in [3.8, 4) is 0 Å². The molecule has 0 aromatic carbocycles. The first-order chi connectivity index (χ1) is 9.57. The van der Waals surface area contributed by atoms with Crippen LogP contribution in [0.25, 0.3) is 11.0 Å². The van der Waals surface area contributed by atoms with Crippen molar-refractivity contribution in [3.63, 3.8) is 0 Å². The third kappa shape index (κ3) is 1.64. The normalized spacial score (nSPS) is 27.6. The molecule has 2 aliphatic rings. The second kappa shape index (κ2) is 3.79. The van der Waals surface area contributed by atoms with Crippen LogP contribution < -0.4 is 16.4 Å². The van der Waals surface area contributed by atoms with E-state index in [2.05, 4.69) is 25.6 Å². The van der Waals surface area contributed by atoms with E-state index in [0.29, 0.717) is 23.3 Å². The number of nitrogens with two attached hydrogens (primary N) is 1. The highest BCUT2D eigenvalue weighted by molar-refractivity contribution is 5.89. The lowest BCUT2D eigenvalue weighted by molar-refractivity contribution is 0.695. The van der Waals surface area contributed by atoms with Crippen LogP contribution in [0.4, 0.5) is 11.8 Å². The van der Waals surface area contributed by atoms with Crippen molar-refractivity contribution in [2.45, 2.75) is 25.8 Å². The Balaban J connectivity index is 1.78. The minimum absolute atomic E-state index is 0.138. The van der Waals surface area contributed by atoms with Gasteiger partial charge in [-0.15, -0.1) is 0 Å². The average Bonchev–Trinajstić information content (AvgIpc) is 2.88. The van der Waals surface area contributed by atoms with Gasteiger partial charge in [0.25, 0.3) is 0 Å². The quantitative estimate of drug-likeness (QED) is 0.754. The van der Waals surface area contributed by atoms with Crippen molar-refractivity contribution in [1.29, 1.82) is 0 Å². The second-order valence-corrected chi connectivity index (χ2v) is 6.02. The van der Waals surface area contributed by atoms with Crippen molar-refractivity contribution in [3.05, 3.63) is 17.3 Å². The van der Waals surface area contributed by atoms with Crippen LogP contribution >= 0.6 is 0 Å². The van der Waals surface area contributed by atoms with Crippen molar-refractivity contribution >= 4 is 22.8 Å². The molecule has 2 aromatic heterocycles. The molecule has 6 nitrogen and oxygen atoms in total. The maximum atomic E-state index is 6.09. The summed E-state index contributed by atoms with van der Waals surface area (Å²) in [6, 6.07) is 2.01. The molecule has 0 unspecified atom stereocenters. The van der Waals surface area contributed by atoms with Gasteiger partial charge in [0.05, 0.1) is 10.9 Å². The van der Waals surface area contributed by atoms with Gasteiger partial charge in [-0.1, -0.05) is 0 Å². The highest BCUT2D eigenvalue weighted by atomic mass is 15.2. The van der Waals surface area contributed by atoms with Gasteiger partial charge in [0.1, 0.15) is 5.82 Å². The van der Waals surface area contributed by atoms with E-state index in [1.165, 1.54) is 6.42 Å². The molecule has 1 aliphatic carbocycles. The van der Waals surface area contributed by atoms with Gasteiger partial charge in [-0.3, -0.25) is 0 Å². The Morgan fingerprint density at radius 1 is 1.35 bits per heavy atom. The van der Waals surface area contributed by atoms with Crippen molar-refractivity contribution in [2.24, 2.45) is 5.92 Å². The molecule has 1 saturated carbocycles. The maximum Gasteiger partial charge on any atom is 0.227 e. The number of rotatable bonds is 2. The molecule has 0 radical (unpaired) electrons. The number of nitrogens with zero attached hydrogens (tertiary/aromatic N) is 3. The first-order valence-corrected chi connectivity index (χ1v) is 6.98. The summed E-state index contributed by atoms with van der Waals surface area (Å²) in [5.74, 6) is 1.79. The molecule has 2 fully saturated rings. The van der Waals surface area contributed by atoms with E-state index in [0.717, 1.165) is 29.7 Å². The van der Waals surface area contributed by atoms with Crippen molar-refractivity contribution in [2.75, 3.05) is 24.1 Å². The van der Waals surface area contributed by atoms with Gasteiger partial charge in [-0.05, 0) is 37.8 Å². The topological polar surface area (TPSA) is 88.8 Å². The molecule has 2 atom stereocenters. The van der Waals surface area contributed by atoms with Gasteiger partial charge in [-0.2, -0.15) is 9.97 Å². The molecular formula is C14H18N6. The van der Waals surface area contributed by atoms with Gasteiger partial charge in [0.15, 0.2) is 5.65 Å². The Bertz CT molecular complexity index is 712. The van der Waals surface area contributed by atoms with E-state index in [-0.39, 0.29) is 5.54 Å². The Hall–Kier alpha value is -1.95. The zero-order valence-electron chi connectivity index (χ0n) is 11.7. The molecule has 4 N–H and O–H groups in total. The van der Waals surface area contributed by atoms with Crippen LogP contribution in [0.15, 0.2) is 6.07 Å². The van der Waals surface area contributed by atoms with Crippen LogP contribution in [0.1, 0.15) is 17.7 Å². The molecular weight excluding hydrogens is 252 g/mol. The molecule has 3 heterocycles. The smallest absolute Gasteiger partial charge is 0.227 e. The lowest BCUT2D eigenvalue weighted by Gasteiger charge is -2.15. The monoisotopic (exact) mass is 270 g/mol. The number of aryl methyl sites for hydroxylation is 2. The Morgan fingerprint density at radius 2 is 2.20 bits per heavy atom. The number of nitrogen functional groups attached to an aromatic ring is 1. The van der Waals surface area contributed by atoms with E-state index in [9.17, 15) is 0 Å². The minimum Gasteiger partial charge on any atom is -0.383 e. The van der Waals surface area contributed by atoms with E-state index >= 15 is 0 Å². The molecule has 1 saturated heterocycles. The fourth-order valence-electron chi connectivity index (χ4n) is 3.32. The number of fused-ring (bicyclic) bond motifs is 2. The maximum absolute atomic E-state index is 6.09. The van der Waals surface area contributed by atoms with Crippen LogP contribution in [-0.4, -0.2) is 33.6 Å². The van der Waals surface area contributed by atoms with Crippen LogP contribution in [-0.2, 0) is 0 Å². The molecule has 0 amide bonds. The highest BCUT2D eigenvalue weighted by Crippen LogP contribution is 2.48.